The Morgan fingerprint density at radius 1 is 1.50 bits per heavy atom. The number of rotatable bonds is 3. The summed E-state index contributed by atoms with van der Waals surface area (Å²) in [5.41, 5.74) is 0.393. The van der Waals surface area contributed by atoms with Crippen LogP contribution < -0.4 is 0 Å². The number of amides is 1. The van der Waals surface area contributed by atoms with Gasteiger partial charge in [-0.25, -0.2) is 0 Å². The Morgan fingerprint density at radius 2 is 2.08 bits per heavy atom. The third-order valence-electron chi connectivity index (χ3n) is 2.89. The van der Waals surface area contributed by atoms with Crippen LogP contribution >= 0.6 is 0 Å². The molecule has 0 spiro atoms. The summed E-state index contributed by atoms with van der Waals surface area (Å²) in [5, 5.41) is 0. The zero-order valence-corrected chi connectivity index (χ0v) is 7.97. The molecule has 0 aromatic carbocycles. The van der Waals surface area contributed by atoms with Crippen LogP contribution in [0.2, 0.25) is 0 Å². The van der Waals surface area contributed by atoms with Gasteiger partial charge in [0.2, 0.25) is 7.85 Å². The fourth-order valence-electron chi connectivity index (χ4n) is 2.01. The van der Waals surface area contributed by atoms with Gasteiger partial charge in [-0.1, -0.05) is 20.3 Å². The highest BCUT2D eigenvalue weighted by atomic mass is 16.2. The Bertz CT molecular complexity index is 175. The summed E-state index contributed by atoms with van der Waals surface area (Å²) in [7, 11) is 5.16. The Labute approximate surface area is 75.7 Å². The van der Waals surface area contributed by atoms with Gasteiger partial charge in [-0.3, -0.25) is 4.79 Å². The van der Waals surface area contributed by atoms with Gasteiger partial charge in [0.25, 0.3) is 0 Å². The molecule has 0 aromatic rings. The van der Waals surface area contributed by atoms with Gasteiger partial charge >= 0.3 is 0 Å². The van der Waals surface area contributed by atoms with Gasteiger partial charge < -0.3 is 4.90 Å². The van der Waals surface area contributed by atoms with E-state index in [1.807, 2.05) is 0 Å². The Kier molecular flexibility index (Phi) is 2.81. The highest BCUT2D eigenvalue weighted by molar-refractivity contribution is 6.57. The topological polar surface area (TPSA) is 20.3 Å². The van der Waals surface area contributed by atoms with E-state index in [1.165, 1.54) is 12.8 Å². The molecule has 0 aliphatic carbocycles. The summed E-state index contributed by atoms with van der Waals surface area (Å²) in [6.07, 6.45) is 3.57. The van der Waals surface area contributed by atoms with Crippen molar-refractivity contribution in [3.8, 4) is 0 Å². The summed E-state index contributed by atoms with van der Waals surface area (Å²) in [4.78, 5) is 12.5. The van der Waals surface area contributed by atoms with E-state index in [-0.39, 0.29) is 5.81 Å². The van der Waals surface area contributed by atoms with E-state index in [4.69, 9.17) is 7.85 Å². The first-order chi connectivity index (χ1) is 5.63. The first-order valence-electron chi connectivity index (χ1n) is 4.68. The van der Waals surface area contributed by atoms with Crippen molar-refractivity contribution in [2.45, 2.75) is 33.1 Å². The SMILES string of the molecule is [B]C(=O)N1CC(CC)(CCC)C1. The zero-order chi connectivity index (χ0) is 9.19. The maximum Gasteiger partial charge on any atom is 0.200 e. The monoisotopic (exact) mass is 165 g/mol. The maximum atomic E-state index is 10.7. The molecule has 1 fully saturated rings. The highest BCUT2D eigenvalue weighted by Crippen LogP contribution is 2.37. The number of carbonyl (C=O) groups excluding carboxylic acids is 1. The van der Waals surface area contributed by atoms with Gasteiger partial charge in [0.1, 0.15) is 0 Å². The van der Waals surface area contributed by atoms with Crippen LogP contribution in [0.5, 0.6) is 0 Å². The second-order valence-corrected chi connectivity index (χ2v) is 3.80. The number of hydrogen-bond acceptors (Lipinski definition) is 1. The third-order valence-corrected chi connectivity index (χ3v) is 2.89. The lowest BCUT2D eigenvalue weighted by molar-refractivity contribution is 0.0292. The predicted molar refractivity (Wildman–Crippen MR) is 50.4 cm³/mol. The molecule has 0 aromatic heterocycles. The van der Waals surface area contributed by atoms with E-state index < -0.39 is 0 Å². The molecular formula is C9H16BNO. The van der Waals surface area contributed by atoms with Crippen molar-refractivity contribution < 1.29 is 4.79 Å². The van der Waals surface area contributed by atoms with E-state index in [2.05, 4.69) is 13.8 Å². The summed E-state index contributed by atoms with van der Waals surface area (Å²) in [6, 6.07) is 0. The molecule has 0 bridgehead atoms. The van der Waals surface area contributed by atoms with E-state index in [0.717, 1.165) is 19.5 Å². The van der Waals surface area contributed by atoms with Crippen molar-refractivity contribution in [3.63, 3.8) is 0 Å². The van der Waals surface area contributed by atoms with Crippen molar-refractivity contribution in [2.24, 2.45) is 5.41 Å². The first kappa shape index (κ1) is 9.62. The molecule has 1 heterocycles. The van der Waals surface area contributed by atoms with Gasteiger partial charge in [0, 0.05) is 18.5 Å². The predicted octanol–water partition coefficient (Wildman–Crippen LogP) is 1.79. The van der Waals surface area contributed by atoms with Crippen molar-refractivity contribution in [1.82, 2.24) is 4.90 Å². The summed E-state index contributed by atoms with van der Waals surface area (Å²) in [5.74, 6) is -0.268. The summed E-state index contributed by atoms with van der Waals surface area (Å²) < 4.78 is 0. The molecule has 0 unspecified atom stereocenters. The quantitative estimate of drug-likeness (QED) is 0.583. The van der Waals surface area contributed by atoms with Crippen LogP contribution in [-0.4, -0.2) is 31.6 Å². The van der Waals surface area contributed by atoms with Crippen molar-refractivity contribution in [3.05, 3.63) is 0 Å². The van der Waals surface area contributed by atoms with Crippen molar-refractivity contribution >= 4 is 13.7 Å². The molecule has 1 saturated heterocycles. The zero-order valence-electron chi connectivity index (χ0n) is 7.97. The number of nitrogens with zero attached hydrogens (tertiary/aromatic N) is 1. The van der Waals surface area contributed by atoms with Gasteiger partial charge in [0.05, 0.1) is 0 Å². The van der Waals surface area contributed by atoms with Crippen molar-refractivity contribution in [2.75, 3.05) is 13.1 Å². The van der Waals surface area contributed by atoms with Crippen LogP contribution in [0.1, 0.15) is 33.1 Å². The molecule has 1 amide bonds. The van der Waals surface area contributed by atoms with Gasteiger partial charge in [0.15, 0.2) is 5.81 Å². The van der Waals surface area contributed by atoms with Crippen LogP contribution in [0.4, 0.5) is 4.79 Å². The normalized spacial score (nSPS) is 20.3. The van der Waals surface area contributed by atoms with Crippen LogP contribution in [0.3, 0.4) is 0 Å². The molecule has 1 rings (SSSR count). The van der Waals surface area contributed by atoms with Gasteiger partial charge in [-0.05, 0) is 12.8 Å². The minimum absolute atomic E-state index is 0.268. The molecule has 1 aliphatic heterocycles. The second-order valence-electron chi connectivity index (χ2n) is 3.80. The Balaban J connectivity index is 2.40. The standard InChI is InChI=1S/C9H16BNO/c1-3-5-9(4-2)6-11(7-9)8(10)12/h3-7H2,1-2H3. The largest absolute Gasteiger partial charge is 0.351 e. The molecule has 0 N–H and O–H groups in total. The van der Waals surface area contributed by atoms with Gasteiger partial charge in [-0.15, -0.1) is 0 Å². The summed E-state index contributed by atoms with van der Waals surface area (Å²) in [6.45, 7) is 6.11. The molecule has 0 atom stereocenters. The molecule has 12 heavy (non-hydrogen) atoms. The van der Waals surface area contributed by atoms with Crippen LogP contribution in [0.15, 0.2) is 0 Å². The fraction of sp³-hybridized carbons (Fsp3) is 0.889. The van der Waals surface area contributed by atoms with Gasteiger partial charge in [-0.2, -0.15) is 0 Å². The van der Waals surface area contributed by atoms with E-state index in [0.29, 0.717) is 5.41 Å². The number of carbonyl (C=O) groups is 1. The minimum Gasteiger partial charge on any atom is -0.351 e. The molecule has 66 valence electrons. The van der Waals surface area contributed by atoms with Crippen molar-refractivity contribution in [1.29, 1.82) is 0 Å². The molecular weight excluding hydrogens is 149 g/mol. The minimum atomic E-state index is -0.268. The first-order valence-corrected chi connectivity index (χ1v) is 4.68. The molecule has 0 saturated carbocycles. The van der Waals surface area contributed by atoms with E-state index in [1.54, 1.807) is 4.90 Å². The van der Waals surface area contributed by atoms with Crippen LogP contribution in [0.25, 0.3) is 0 Å². The second kappa shape index (κ2) is 3.50. The molecule has 2 radical (unpaired) electrons. The molecule has 2 nitrogen and oxygen atoms in total. The van der Waals surface area contributed by atoms with E-state index >= 15 is 0 Å². The number of likely N-dealkylation sites (tertiary alicyclic amines) is 1. The van der Waals surface area contributed by atoms with Crippen LogP contribution in [0, 0.1) is 5.41 Å². The maximum absolute atomic E-state index is 10.7. The lowest BCUT2D eigenvalue weighted by Gasteiger charge is -2.50. The average molecular weight is 165 g/mol. The fourth-order valence-corrected chi connectivity index (χ4v) is 2.01. The lowest BCUT2D eigenvalue weighted by atomic mass is 9.73. The molecule has 1 aliphatic rings. The Hall–Kier alpha value is -0.465. The Morgan fingerprint density at radius 3 is 2.42 bits per heavy atom. The van der Waals surface area contributed by atoms with Crippen LogP contribution in [-0.2, 0) is 0 Å². The molecule has 3 heteroatoms. The lowest BCUT2D eigenvalue weighted by Crippen LogP contribution is -2.57. The highest BCUT2D eigenvalue weighted by Gasteiger charge is 2.41. The summed E-state index contributed by atoms with van der Waals surface area (Å²) >= 11 is 0. The average Bonchev–Trinajstić information content (AvgIpc) is 1.95. The van der Waals surface area contributed by atoms with E-state index in [9.17, 15) is 4.79 Å². The third kappa shape index (κ3) is 1.65. The smallest absolute Gasteiger partial charge is 0.200 e. The number of hydrogen-bond donors (Lipinski definition) is 0.